The van der Waals surface area contributed by atoms with Crippen LogP contribution in [0.2, 0.25) is 5.02 Å². The van der Waals surface area contributed by atoms with Crippen LogP contribution in [0.1, 0.15) is 11.3 Å². The Kier molecular flexibility index (Phi) is 7.59. The predicted octanol–water partition coefficient (Wildman–Crippen LogP) is 3.82. The van der Waals surface area contributed by atoms with Crippen molar-refractivity contribution in [2.24, 2.45) is 0 Å². The van der Waals surface area contributed by atoms with Crippen molar-refractivity contribution in [1.29, 1.82) is 0 Å². The van der Waals surface area contributed by atoms with E-state index in [2.05, 4.69) is 10.4 Å². The van der Waals surface area contributed by atoms with Crippen molar-refractivity contribution < 1.29 is 32.2 Å². The third-order valence-electron chi connectivity index (χ3n) is 4.50. The molecule has 1 amide bonds. The van der Waals surface area contributed by atoms with E-state index in [0.717, 1.165) is 10.2 Å². The van der Waals surface area contributed by atoms with Crippen LogP contribution in [-0.4, -0.2) is 41.4 Å². The lowest BCUT2D eigenvalue weighted by Gasteiger charge is -2.17. The number of benzene rings is 2. The van der Waals surface area contributed by atoms with E-state index in [9.17, 15) is 22.8 Å². The van der Waals surface area contributed by atoms with Crippen LogP contribution in [0.4, 0.5) is 13.2 Å². The quantitative estimate of drug-likeness (QED) is 0.495. The van der Waals surface area contributed by atoms with Crippen LogP contribution in [0, 0.1) is 0 Å². The Labute approximate surface area is 192 Å². The molecule has 0 unspecified atom stereocenters. The molecule has 1 N–H and O–H groups in total. The first kappa shape index (κ1) is 24.1. The molecule has 0 aliphatic heterocycles. The molecule has 174 valence electrons. The lowest BCUT2D eigenvalue weighted by molar-refractivity contribution is -0.145. The first-order valence-corrected chi connectivity index (χ1v) is 10.0. The fraction of sp³-hybridized carbons (Fsp3) is 0.227. The molecule has 0 radical (unpaired) electrons. The van der Waals surface area contributed by atoms with Crippen molar-refractivity contribution in [2.45, 2.75) is 18.6 Å². The maximum Gasteiger partial charge on any atom is 0.435 e. The average molecular weight is 482 g/mol. The second kappa shape index (κ2) is 10.4. The van der Waals surface area contributed by atoms with Gasteiger partial charge >= 0.3 is 12.1 Å². The molecule has 3 aromatic rings. The van der Waals surface area contributed by atoms with Crippen LogP contribution in [0.15, 0.2) is 60.7 Å². The van der Waals surface area contributed by atoms with Crippen LogP contribution < -0.4 is 10.1 Å². The fourth-order valence-electron chi connectivity index (χ4n) is 2.96. The van der Waals surface area contributed by atoms with Crippen molar-refractivity contribution in [1.82, 2.24) is 15.1 Å². The Morgan fingerprint density at radius 1 is 1.12 bits per heavy atom. The van der Waals surface area contributed by atoms with Crippen LogP contribution in [0.5, 0.6) is 5.88 Å². The number of aromatic nitrogens is 2. The molecule has 1 aromatic heterocycles. The van der Waals surface area contributed by atoms with Crippen molar-refractivity contribution in [2.75, 3.05) is 13.7 Å². The summed E-state index contributed by atoms with van der Waals surface area (Å²) in [6, 6.07) is 14.7. The Hall–Kier alpha value is -3.53. The number of carbonyl (C=O) groups excluding carboxylic acids is 2. The SMILES string of the molecule is COC(=O)[C@H](Cc1ccccc1)NC(=O)COc1cc(C(F)(F)F)nn1-c1ccccc1Cl. The number of ether oxygens (including phenoxy) is 2. The van der Waals surface area contributed by atoms with E-state index < -0.39 is 36.4 Å². The minimum Gasteiger partial charge on any atom is -0.467 e. The van der Waals surface area contributed by atoms with E-state index in [-0.39, 0.29) is 23.0 Å². The van der Waals surface area contributed by atoms with Gasteiger partial charge in [0, 0.05) is 12.5 Å². The Morgan fingerprint density at radius 2 is 1.79 bits per heavy atom. The second-order valence-electron chi connectivity index (χ2n) is 6.85. The van der Waals surface area contributed by atoms with Crippen molar-refractivity contribution in [3.8, 4) is 11.6 Å². The number of nitrogens with one attached hydrogen (secondary N) is 1. The molecule has 0 aliphatic carbocycles. The monoisotopic (exact) mass is 481 g/mol. The van der Waals surface area contributed by atoms with E-state index in [4.69, 9.17) is 21.1 Å². The Morgan fingerprint density at radius 3 is 2.42 bits per heavy atom. The number of halogens is 4. The molecule has 0 aliphatic rings. The maximum absolute atomic E-state index is 13.2. The molecule has 7 nitrogen and oxygen atoms in total. The van der Waals surface area contributed by atoms with Crippen molar-refractivity contribution in [3.63, 3.8) is 0 Å². The predicted molar refractivity (Wildman–Crippen MR) is 113 cm³/mol. The topological polar surface area (TPSA) is 82.4 Å². The standard InChI is InChI=1S/C22H19ClF3N3O4/c1-32-21(31)16(11-14-7-3-2-4-8-14)27-19(30)13-33-20-12-18(22(24,25)26)28-29(20)17-10-6-5-9-15(17)23/h2-10,12,16H,11,13H2,1H3,(H,27,30)/t16-/m0/s1. The van der Waals surface area contributed by atoms with E-state index in [0.29, 0.717) is 6.07 Å². The summed E-state index contributed by atoms with van der Waals surface area (Å²) in [5, 5.41) is 6.14. The summed E-state index contributed by atoms with van der Waals surface area (Å²) in [6.45, 7) is -0.671. The molecule has 1 heterocycles. The van der Waals surface area contributed by atoms with Crippen LogP contribution in [0.25, 0.3) is 5.69 Å². The van der Waals surface area contributed by atoms with Crippen molar-refractivity contribution in [3.05, 3.63) is 76.9 Å². The summed E-state index contributed by atoms with van der Waals surface area (Å²) in [5.41, 5.74) is -0.295. The van der Waals surface area contributed by atoms with Gasteiger partial charge in [-0.15, -0.1) is 0 Å². The summed E-state index contributed by atoms with van der Waals surface area (Å²) in [4.78, 5) is 24.5. The summed E-state index contributed by atoms with van der Waals surface area (Å²) in [6.07, 6.45) is -4.58. The van der Waals surface area contributed by atoms with Gasteiger partial charge in [-0.1, -0.05) is 54.1 Å². The minimum absolute atomic E-state index is 0.136. The Bertz CT molecular complexity index is 1120. The molecule has 2 aromatic carbocycles. The number of alkyl halides is 3. The number of para-hydroxylation sites is 1. The number of rotatable bonds is 8. The molecule has 11 heteroatoms. The third-order valence-corrected chi connectivity index (χ3v) is 4.82. The highest BCUT2D eigenvalue weighted by Crippen LogP contribution is 2.33. The van der Waals surface area contributed by atoms with Crippen LogP contribution in [0.3, 0.4) is 0 Å². The molecule has 1 atom stereocenters. The number of amides is 1. The molecular formula is C22H19ClF3N3O4. The number of hydrogen-bond acceptors (Lipinski definition) is 5. The van der Waals surface area contributed by atoms with Gasteiger partial charge in [0.15, 0.2) is 12.3 Å². The number of carbonyl (C=O) groups is 2. The van der Waals surface area contributed by atoms with E-state index in [1.165, 1.54) is 19.2 Å². The lowest BCUT2D eigenvalue weighted by atomic mass is 10.1. The average Bonchev–Trinajstić information content (AvgIpc) is 3.22. The molecule has 0 spiro atoms. The highest BCUT2D eigenvalue weighted by Gasteiger charge is 2.36. The number of methoxy groups -OCH3 is 1. The number of esters is 1. The lowest BCUT2D eigenvalue weighted by Crippen LogP contribution is -2.45. The number of hydrogen-bond donors (Lipinski definition) is 1. The highest BCUT2D eigenvalue weighted by atomic mass is 35.5. The van der Waals surface area contributed by atoms with Gasteiger partial charge in [0.25, 0.3) is 5.91 Å². The molecule has 0 saturated heterocycles. The molecule has 0 bridgehead atoms. The molecule has 0 saturated carbocycles. The minimum atomic E-state index is -4.74. The molecule has 0 fully saturated rings. The smallest absolute Gasteiger partial charge is 0.435 e. The highest BCUT2D eigenvalue weighted by molar-refractivity contribution is 6.32. The van der Waals surface area contributed by atoms with E-state index in [1.807, 2.05) is 0 Å². The molecule has 33 heavy (non-hydrogen) atoms. The molecule has 3 rings (SSSR count). The third kappa shape index (κ3) is 6.26. The maximum atomic E-state index is 13.2. The van der Waals surface area contributed by atoms with Crippen LogP contribution >= 0.6 is 11.6 Å². The zero-order chi connectivity index (χ0) is 24.0. The first-order chi connectivity index (χ1) is 15.7. The van der Waals surface area contributed by atoms with Gasteiger partial charge in [-0.3, -0.25) is 4.79 Å². The van der Waals surface area contributed by atoms with Gasteiger partial charge in [-0.2, -0.15) is 23.0 Å². The fourth-order valence-corrected chi connectivity index (χ4v) is 3.18. The van der Waals surface area contributed by atoms with E-state index in [1.54, 1.807) is 42.5 Å². The molecular weight excluding hydrogens is 463 g/mol. The number of nitrogens with zero attached hydrogens (tertiary/aromatic N) is 2. The van der Waals surface area contributed by atoms with Gasteiger partial charge < -0.3 is 14.8 Å². The Balaban J connectivity index is 1.76. The zero-order valence-corrected chi connectivity index (χ0v) is 18.1. The summed E-state index contributed by atoms with van der Waals surface area (Å²) >= 11 is 6.09. The van der Waals surface area contributed by atoms with Gasteiger partial charge in [-0.05, 0) is 17.7 Å². The van der Waals surface area contributed by atoms with Gasteiger partial charge in [-0.25, -0.2) is 4.79 Å². The van der Waals surface area contributed by atoms with Gasteiger partial charge in [0.2, 0.25) is 5.88 Å². The van der Waals surface area contributed by atoms with Gasteiger partial charge in [0.05, 0.1) is 17.8 Å². The first-order valence-electron chi connectivity index (χ1n) is 9.65. The zero-order valence-electron chi connectivity index (χ0n) is 17.3. The summed E-state index contributed by atoms with van der Waals surface area (Å²) < 4.78 is 50.5. The second-order valence-corrected chi connectivity index (χ2v) is 7.26. The van der Waals surface area contributed by atoms with Crippen LogP contribution in [-0.2, 0) is 26.9 Å². The summed E-state index contributed by atoms with van der Waals surface area (Å²) in [5.74, 6) is -1.75. The normalized spacial score (nSPS) is 12.2. The van der Waals surface area contributed by atoms with E-state index >= 15 is 0 Å². The van der Waals surface area contributed by atoms with Gasteiger partial charge in [0.1, 0.15) is 6.04 Å². The van der Waals surface area contributed by atoms with Crippen molar-refractivity contribution >= 4 is 23.5 Å². The summed E-state index contributed by atoms with van der Waals surface area (Å²) in [7, 11) is 1.18. The largest absolute Gasteiger partial charge is 0.467 e.